The maximum atomic E-state index is 5.82. The van der Waals surface area contributed by atoms with Crippen LogP contribution in [0, 0.1) is 0 Å². The van der Waals surface area contributed by atoms with Gasteiger partial charge in [-0.25, -0.2) is 0 Å². The molecular formula is C39H78N2. The van der Waals surface area contributed by atoms with Gasteiger partial charge in [-0.2, -0.15) is 0 Å². The average Bonchev–Trinajstić information content (AvgIpc) is 2.98. The third-order valence-corrected chi connectivity index (χ3v) is 8.65. The Morgan fingerprint density at radius 3 is 0.927 bits per heavy atom. The Balaban J connectivity index is 3.54. The number of nitrogens with zero attached hydrogens (tertiary/aromatic N) is 1. The van der Waals surface area contributed by atoms with Gasteiger partial charge in [-0.3, -0.25) is 0 Å². The van der Waals surface area contributed by atoms with Crippen LogP contribution in [0.3, 0.4) is 0 Å². The average molecular weight is 575 g/mol. The van der Waals surface area contributed by atoms with Crippen molar-refractivity contribution in [2.24, 2.45) is 5.73 Å². The van der Waals surface area contributed by atoms with E-state index in [1.165, 1.54) is 199 Å². The molecule has 0 aliphatic rings. The van der Waals surface area contributed by atoms with Gasteiger partial charge in [0.05, 0.1) is 0 Å². The molecule has 2 heteroatoms. The van der Waals surface area contributed by atoms with Crippen molar-refractivity contribution < 1.29 is 0 Å². The summed E-state index contributed by atoms with van der Waals surface area (Å²) in [6, 6.07) is 0. The monoisotopic (exact) mass is 575 g/mol. The van der Waals surface area contributed by atoms with E-state index in [0.717, 1.165) is 13.0 Å². The van der Waals surface area contributed by atoms with Crippen molar-refractivity contribution >= 4 is 0 Å². The first-order valence-corrected chi connectivity index (χ1v) is 19.1. The molecule has 0 fully saturated rings. The number of rotatable bonds is 35. The summed E-state index contributed by atoms with van der Waals surface area (Å²) in [5.74, 6) is 0. The second-order valence-corrected chi connectivity index (χ2v) is 12.9. The molecule has 0 aromatic heterocycles. The van der Waals surface area contributed by atoms with E-state index in [2.05, 4.69) is 43.1 Å². The lowest BCUT2D eigenvalue weighted by Crippen LogP contribution is -2.28. The van der Waals surface area contributed by atoms with Crippen molar-refractivity contribution in [1.82, 2.24) is 4.90 Å². The highest BCUT2D eigenvalue weighted by molar-refractivity contribution is 4.82. The minimum absolute atomic E-state index is 0.830. The molecule has 244 valence electrons. The molecule has 0 bridgehead atoms. The Bertz CT molecular complexity index is 512. The molecule has 2 nitrogen and oxygen atoms in total. The van der Waals surface area contributed by atoms with Crippen LogP contribution in [-0.4, -0.2) is 31.1 Å². The lowest BCUT2D eigenvalue weighted by atomic mass is 10.1. The normalized spacial score (nSPS) is 12.1. The molecule has 0 radical (unpaired) electrons. The molecule has 0 aliphatic heterocycles. The molecule has 0 rings (SSSR count). The third-order valence-electron chi connectivity index (χ3n) is 8.65. The molecule has 0 aliphatic carbocycles. The summed E-state index contributed by atoms with van der Waals surface area (Å²) in [4.78, 5) is 2.70. The van der Waals surface area contributed by atoms with E-state index < -0.39 is 0 Å². The van der Waals surface area contributed by atoms with Crippen molar-refractivity contribution in [3.8, 4) is 0 Å². The zero-order chi connectivity index (χ0) is 29.7. The van der Waals surface area contributed by atoms with Gasteiger partial charge in [0.1, 0.15) is 0 Å². The highest BCUT2D eigenvalue weighted by atomic mass is 15.1. The van der Waals surface area contributed by atoms with Crippen LogP contribution in [0.1, 0.15) is 200 Å². The van der Waals surface area contributed by atoms with E-state index in [1.54, 1.807) is 0 Å². The van der Waals surface area contributed by atoms with Gasteiger partial charge in [0, 0.05) is 0 Å². The number of nitrogens with two attached hydrogens (primary N) is 1. The molecule has 0 heterocycles. The number of hydrogen-bond acceptors (Lipinski definition) is 2. The van der Waals surface area contributed by atoms with Crippen LogP contribution in [0.2, 0.25) is 0 Å². The van der Waals surface area contributed by atoms with Gasteiger partial charge < -0.3 is 10.6 Å². The molecule has 0 atom stereocenters. The number of unbranched alkanes of at least 4 members (excludes halogenated alkanes) is 24. The smallest absolute Gasteiger partial charge is 0.000672 e. The zero-order valence-electron chi connectivity index (χ0n) is 28.7. The van der Waals surface area contributed by atoms with Crippen LogP contribution in [0.25, 0.3) is 0 Å². The number of hydrogen-bond donors (Lipinski definition) is 1. The topological polar surface area (TPSA) is 29.3 Å². The molecule has 0 aromatic rings. The van der Waals surface area contributed by atoms with Gasteiger partial charge in [0.2, 0.25) is 0 Å². The summed E-state index contributed by atoms with van der Waals surface area (Å²) in [6.07, 6.45) is 49.8. The van der Waals surface area contributed by atoms with Crippen LogP contribution < -0.4 is 5.73 Å². The summed E-state index contributed by atoms with van der Waals surface area (Å²) in [7, 11) is 0. The molecule has 2 N–H and O–H groups in total. The quantitative estimate of drug-likeness (QED) is 0.0602. The first-order valence-electron chi connectivity index (χ1n) is 19.1. The Hall–Kier alpha value is -0.600. The molecule has 0 saturated carbocycles. The summed E-state index contributed by atoms with van der Waals surface area (Å²) in [6.45, 7) is 9.18. The standard InChI is InChI=1S/C39H78N2/c1-3-5-7-9-11-13-15-17-19-21-23-25-27-29-31-33-37-41(39-35-36-40)38-34-32-30-28-26-24-22-20-18-16-14-12-10-8-6-4-2/h17,19-20,22H,3-16,18,21,23-40H2,1-2H3. The third kappa shape index (κ3) is 35.5. The van der Waals surface area contributed by atoms with Crippen LogP contribution >= 0.6 is 0 Å². The van der Waals surface area contributed by atoms with E-state index >= 15 is 0 Å². The van der Waals surface area contributed by atoms with Crippen molar-refractivity contribution in [2.75, 3.05) is 26.2 Å². The first kappa shape index (κ1) is 40.4. The van der Waals surface area contributed by atoms with Crippen LogP contribution in [0.4, 0.5) is 0 Å². The molecule has 41 heavy (non-hydrogen) atoms. The van der Waals surface area contributed by atoms with Crippen molar-refractivity contribution in [3.05, 3.63) is 24.3 Å². The fourth-order valence-corrected chi connectivity index (χ4v) is 5.82. The fraction of sp³-hybridized carbons (Fsp3) is 0.897. The Morgan fingerprint density at radius 2 is 0.610 bits per heavy atom. The second kappa shape index (κ2) is 37.4. The van der Waals surface area contributed by atoms with E-state index in [4.69, 9.17) is 5.73 Å². The fourth-order valence-electron chi connectivity index (χ4n) is 5.82. The van der Waals surface area contributed by atoms with Crippen LogP contribution in [0.5, 0.6) is 0 Å². The Labute approximate surface area is 260 Å². The lowest BCUT2D eigenvalue weighted by Gasteiger charge is -2.22. The van der Waals surface area contributed by atoms with Gasteiger partial charge in [0.15, 0.2) is 0 Å². The summed E-state index contributed by atoms with van der Waals surface area (Å²) < 4.78 is 0. The molecule has 0 unspecified atom stereocenters. The van der Waals surface area contributed by atoms with E-state index in [9.17, 15) is 0 Å². The molecule has 0 saturated heterocycles. The van der Waals surface area contributed by atoms with Gasteiger partial charge in [-0.05, 0) is 96.8 Å². The summed E-state index contributed by atoms with van der Waals surface area (Å²) >= 11 is 0. The predicted molar refractivity (Wildman–Crippen MR) is 189 cm³/mol. The molecule has 0 aromatic carbocycles. The van der Waals surface area contributed by atoms with Crippen LogP contribution in [0.15, 0.2) is 24.3 Å². The minimum atomic E-state index is 0.830. The van der Waals surface area contributed by atoms with Gasteiger partial charge in [0.25, 0.3) is 0 Å². The SMILES string of the molecule is CCCCCCCCC=CCCCCCCCCN(CCCN)CCCCCCCC=CCCCCCCCCC. The van der Waals surface area contributed by atoms with E-state index in [1.807, 2.05) is 0 Å². The summed E-state index contributed by atoms with van der Waals surface area (Å²) in [5.41, 5.74) is 5.82. The highest BCUT2D eigenvalue weighted by Crippen LogP contribution is 2.13. The maximum absolute atomic E-state index is 5.82. The zero-order valence-corrected chi connectivity index (χ0v) is 28.7. The lowest BCUT2D eigenvalue weighted by molar-refractivity contribution is 0.258. The Kier molecular flexibility index (Phi) is 36.9. The van der Waals surface area contributed by atoms with Crippen LogP contribution in [-0.2, 0) is 0 Å². The van der Waals surface area contributed by atoms with Crippen molar-refractivity contribution in [3.63, 3.8) is 0 Å². The summed E-state index contributed by atoms with van der Waals surface area (Å²) in [5, 5.41) is 0. The van der Waals surface area contributed by atoms with Crippen molar-refractivity contribution in [2.45, 2.75) is 200 Å². The molecular weight excluding hydrogens is 496 g/mol. The maximum Gasteiger partial charge on any atom is -0.000672 e. The molecule has 0 spiro atoms. The molecule has 0 amide bonds. The van der Waals surface area contributed by atoms with Gasteiger partial charge in [-0.1, -0.05) is 154 Å². The highest BCUT2D eigenvalue weighted by Gasteiger charge is 2.04. The Morgan fingerprint density at radius 1 is 0.341 bits per heavy atom. The van der Waals surface area contributed by atoms with Gasteiger partial charge in [-0.15, -0.1) is 0 Å². The minimum Gasteiger partial charge on any atom is -0.330 e. The number of allylic oxidation sites excluding steroid dienone is 4. The van der Waals surface area contributed by atoms with Gasteiger partial charge >= 0.3 is 0 Å². The first-order chi connectivity index (χ1) is 20.3. The largest absolute Gasteiger partial charge is 0.330 e. The second-order valence-electron chi connectivity index (χ2n) is 12.9. The van der Waals surface area contributed by atoms with Crippen molar-refractivity contribution in [1.29, 1.82) is 0 Å². The van der Waals surface area contributed by atoms with E-state index in [0.29, 0.717) is 0 Å². The van der Waals surface area contributed by atoms with E-state index in [-0.39, 0.29) is 0 Å². The predicted octanol–water partition coefficient (Wildman–Crippen LogP) is 12.7.